The van der Waals surface area contributed by atoms with Gasteiger partial charge in [-0.2, -0.15) is 0 Å². The lowest BCUT2D eigenvalue weighted by atomic mass is 10.0. The Bertz CT molecular complexity index is 340. The minimum absolute atomic E-state index is 0.0200. The summed E-state index contributed by atoms with van der Waals surface area (Å²) in [7, 11) is -3.48. The summed E-state index contributed by atoms with van der Waals surface area (Å²) in [6.45, 7) is 0.710. The summed E-state index contributed by atoms with van der Waals surface area (Å²) in [5.74, 6) is -1.49. The normalized spacial score (nSPS) is 23.2. The van der Waals surface area contributed by atoms with Crippen LogP contribution in [-0.2, 0) is 14.8 Å². The average molecular weight is 251 g/mol. The second kappa shape index (κ2) is 5.60. The van der Waals surface area contributed by atoms with Crippen LogP contribution >= 0.6 is 0 Å². The Morgan fingerprint density at radius 2 is 2.12 bits per heavy atom. The van der Waals surface area contributed by atoms with E-state index in [9.17, 15) is 13.2 Å². The van der Waals surface area contributed by atoms with Gasteiger partial charge in [-0.1, -0.05) is 0 Å². The largest absolute Gasteiger partial charge is 0.481 e. The summed E-state index contributed by atoms with van der Waals surface area (Å²) < 4.78 is 24.8. The van der Waals surface area contributed by atoms with Crippen LogP contribution in [0.1, 0.15) is 19.3 Å². The van der Waals surface area contributed by atoms with Crippen LogP contribution in [-0.4, -0.2) is 54.4 Å². The number of rotatable bonds is 5. The molecule has 1 saturated heterocycles. The van der Waals surface area contributed by atoms with Gasteiger partial charge in [-0.3, -0.25) is 4.79 Å². The molecule has 0 spiro atoms. The third-order valence-electron chi connectivity index (χ3n) is 2.71. The Morgan fingerprint density at radius 3 is 2.69 bits per heavy atom. The molecule has 16 heavy (non-hydrogen) atoms. The van der Waals surface area contributed by atoms with Crippen molar-refractivity contribution in [2.45, 2.75) is 19.3 Å². The van der Waals surface area contributed by atoms with Crippen molar-refractivity contribution >= 4 is 16.0 Å². The van der Waals surface area contributed by atoms with Gasteiger partial charge in [0.25, 0.3) is 0 Å². The van der Waals surface area contributed by atoms with E-state index in [4.69, 9.17) is 10.2 Å². The maximum Gasteiger partial charge on any atom is 0.304 e. The average Bonchev–Trinajstić information content (AvgIpc) is 2.27. The molecule has 2 N–H and O–H groups in total. The lowest BCUT2D eigenvalue weighted by Gasteiger charge is -2.30. The van der Waals surface area contributed by atoms with Crippen LogP contribution in [0.2, 0.25) is 0 Å². The SMILES string of the molecule is O=C(O)CCS(=O)(=O)N1CCCC(CO)C1. The molecule has 1 unspecified atom stereocenters. The number of aliphatic hydroxyl groups is 1. The molecule has 7 heteroatoms. The lowest BCUT2D eigenvalue weighted by molar-refractivity contribution is -0.136. The van der Waals surface area contributed by atoms with Crippen LogP contribution in [0.4, 0.5) is 0 Å². The maximum atomic E-state index is 11.7. The van der Waals surface area contributed by atoms with Crippen molar-refractivity contribution in [3.05, 3.63) is 0 Å². The second-order valence-electron chi connectivity index (χ2n) is 4.01. The fourth-order valence-electron chi connectivity index (χ4n) is 1.77. The third-order valence-corrected chi connectivity index (χ3v) is 4.55. The summed E-state index contributed by atoms with van der Waals surface area (Å²) >= 11 is 0. The molecule has 0 bridgehead atoms. The van der Waals surface area contributed by atoms with E-state index in [-0.39, 0.29) is 24.7 Å². The van der Waals surface area contributed by atoms with Gasteiger partial charge >= 0.3 is 5.97 Å². The van der Waals surface area contributed by atoms with Gasteiger partial charge in [0, 0.05) is 19.7 Å². The highest BCUT2D eigenvalue weighted by molar-refractivity contribution is 7.89. The fourth-order valence-corrected chi connectivity index (χ4v) is 3.31. The van der Waals surface area contributed by atoms with Crippen LogP contribution in [0.5, 0.6) is 0 Å². The Labute approximate surface area is 94.9 Å². The monoisotopic (exact) mass is 251 g/mol. The van der Waals surface area contributed by atoms with Gasteiger partial charge in [0.05, 0.1) is 12.2 Å². The van der Waals surface area contributed by atoms with Crippen LogP contribution in [0, 0.1) is 5.92 Å². The first kappa shape index (κ1) is 13.4. The molecule has 0 aromatic heterocycles. The highest BCUT2D eigenvalue weighted by atomic mass is 32.2. The first-order valence-electron chi connectivity index (χ1n) is 5.26. The van der Waals surface area contributed by atoms with E-state index >= 15 is 0 Å². The van der Waals surface area contributed by atoms with Gasteiger partial charge in [-0.05, 0) is 18.8 Å². The fraction of sp³-hybridized carbons (Fsp3) is 0.889. The Morgan fingerprint density at radius 1 is 1.44 bits per heavy atom. The summed E-state index contributed by atoms with van der Waals surface area (Å²) in [5.41, 5.74) is 0. The topological polar surface area (TPSA) is 94.9 Å². The van der Waals surface area contributed by atoms with Crippen molar-refractivity contribution < 1.29 is 23.4 Å². The number of piperidine rings is 1. The molecule has 6 nitrogen and oxygen atoms in total. The Balaban J connectivity index is 2.57. The van der Waals surface area contributed by atoms with Gasteiger partial charge < -0.3 is 10.2 Å². The Kier molecular flexibility index (Phi) is 4.69. The summed E-state index contributed by atoms with van der Waals surface area (Å²) in [6, 6.07) is 0. The number of aliphatic hydroxyl groups excluding tert-OH is 1. The predicted octanol–water partition coefficient (Wildman–Crippen LogP) is -0.505. The van der Waals surface area contributed by atoms with Crippen molar-refractivity contribution in [2.75, 3.05) is 25.4 Å². The molecule has 0 amide bonds. The van der Waals surface area contributed by atoms with E-state index < -0.39 is 16.0 Å². The first-order valence-corrected chi connectivity index (χ1v) is 6.87. The van der Waals surface area contributed by atoms with Gasteiger partial charge in [0.2, 0.25) is 10.0 Å². The first-order chi connectivity index (χ1) is 7.45. The number of nitrogens with zero attached hydrogens (tertiary/aromatic N) is 1. The van der Waals surface area contributed by atoms with Gasteiger partial charge in [0.15, 0.2) is 0 Å². The number of hydrogen-bond donors (Lipinski definition) is 2. The van der Waals surface area contributed by atoms with E-state index in [1.165, 1.54) is 4.31 Å². The standard InChI is InChI=1S/C9H17NO5S/c11-7-8-2-1-4-10(6-8)16(14,15)5-3-9(12)13/h8,11H,1-7H2,(H,12,13). The predicted molar refractivity (Wildman–Crippen MR) is 57.4 cm³/mol. The van der Waals surface area contributed by atoms with Gasteiger partial charge in [0.1, 0.15) is 0 Å². The molecule has 1 aliphatic heterocycles. The lowest BCUT2D eigenvalue weighted by Crippen LogP contribution is -2.42. The van der Waals surface area contributed by atoms with Crippen LogP contribution in [0.15, 0.2) is 0 Å². The zero-order valence-corrected chi connectivity index (χ0v) is 9.82. The molecule has 0 aliphatic carbocycles. The molecule has 1 heterocycles. The number of carboxylic acid groups (broad SMARTS) is 1. The molecule has 0 aromatic carbocycles. The molecular weight excluding hydrogens is 234 g/mol. The van der Waals surface area contributed by atoms with E-state index in [0.29, 0.717) is 13.1 Å². The number of carboxylic acids is 1. The maximum absolute atomic E-state index is 11.7. The molecule has 0 saturated carbocycles. The summed E-state index contributed by atoms with van der Waals surface area (Å²) in [4.78, 5) is 10.3. The van der Waals surface area contributed by atoms with Crippen molar-refractivity contribution in [1.29, 1.82) is 0 Å². The van der Waals surface area contributed by atoms with E-state index in [2.05, 4.69) is 0 Å². The number of hydrogen-bond acceptors (Lipinski definition) is 4. The Hall–Kier alpha value is -0.660. The second-order valence-corrected chi connectivity index (χ2v) is 6.10. The molecule has 1 aliphatic rings. The minimum atomic E-state index is -3.48. The molecule has 94 valence electrons. The minimum Gasteiger partial charge on any atom is -0.481 e. The molecule has 0 aromatic rings. The number of aliphatic carboxylic acids is 1. The smallest absolute Gasteiger partial charge is 0.304 e. The highest BCUT2D eigenvalue weighted by Gasteiger charge is 2.28. The van der Waals surface area contributed by atoms with Crippen LogP contribution in [0.3, 0.4) is 0 Å². The summed E-state index contributed by atoms with van der Waals surface area (Å²) in [5, 5.41) is 17.4. The van der Waals surface area contributed by atoms with Crippen molar-refractivity contribution in [1.82, 2.24) is 4.31 Å². The molecule has 1 fully saturated rings. The van der Waals surface area contributed by atoms with E-state index in [0.717, 1.165) is 12.8 Å². The molecule has 0 radical (unpaired) electrons. The highest BCUT2D eigenvalue weighted by Crippen LogP contribution is 2.19. The van der Waals surface area contributed by atoms with E-state index in [1.54, 1.807) is 0 Å². The van der Waals surface area contributed by atoms with Crippen molar-refractivity contribution in [3.8, 4) is 0 Å². The number of carbonyl (C=O) groups is 1. The molecule has 1 atom stereocenters. The summed E-state index contributed by atoms with van der Waals surface area (Å²) in [6.07, 6.45) is 1.17. The van der Waals surface area contributed by atoms with Crippen LogP contribution < -0.4 is 0 Å². The third kappa shape index (κ3) is 3.73. The zero-order valence-electron chi connectivity index (χ0n) is 9.00. The van der Waals surface area contributed by atoms with E-state index in [1.807, 2.05) is 0 Å². The van der Waals surface area contributed by atoms with Gasteiger partial charge in [-0.25, -0.2) is 12.7 Å². The quantitative estimate of drug-likeness (QED) is 0.686. The van der Waals surface area contributed by atoms with Crippen LogP contribution in [0.25, 0.3) is 0 Å². The molecule has 1 rings (SSSR count). The molecular formula is C9H17NO5S. The van der Waals surface area contributed by atoms with Crippen molar-refractivity contribution in [3.63, 3.8) is 0 Å². The zero-order chi connectivity index (χ0) is 12.2. The van der Waals surface area contributed by atoms with Gasteiger partial charge in [-0.15, -0.1) is 0 Å². The van der Waals surface area contributed by atoms with Crippen molar-refractivity contribution in [2.24, 2.45) is 5.92 Å². The number of sulfonamides is 1.